The van der Waals surface area contributed by atoms with Crippen LogP contribution < -0.4 is 5.32 Å². The summed E-state index contributed by atoms with van der Waals surface area (Å²) in [6.07, 6.45) is 2.18. The molecule has 17 heavy (non-hydrogen) atoms. The zero-order valence-corrected chi connectivity index (χ0v) is 11.1. The van der Waals surface area contributed by atoms with E-state index in [1.165, 1.54) is 17.7 Å². The van der Waals surface area contributed by atoms with Gasteiger partial charge in [0.1, 0.15) is 0 Å². The van der Waals surface area contributed by atoms with Gasteiger partial charge < -0.3 is 15.2 Å². The Morgan fingerprint density at radius 1 is 1.59 bits per heavy atom. The van der Waals surface area contributed by atoms with Crippen LogP contribution in [0.2, 0.25) is 0 Å². The molecule has 1 aliphatic carbocycles. The predicted octanol–water partition coefficient (Wildman–Crippen LogP) is 2.19. The van der Waals surface area contributed by atoms with Gasteiger partial charge in [0.25, 0.3) is 0 Å². The van der Waals surface area contributed by atoms with Crippen LogP contribution in [-0.2, 0) is 4.74 Å². The van der Waals surface area contributed by atoms with Gasteiger partial charge in [-0.1, -0.05) is 6.07 Å². The number of aliphatic hydroxyl groups is 1. The molecule has 2 atom stereocenters. The molecule has 0 radical (unpaired) electrons. The van der Waals surface area contributed by atoms with Gasteiger partial charge >= 0.3 is 0 Å². The second kappa shape index (κ2) is 6.50. The number of ether oxygens (including phenoxy) is 1. The monoisotopic (exact) mass is 255 g/mol. The van der Waals surface area contributed by atoms with Crippen molar-refractivity contribution in [3.05, 3.63) is 22.4 Å². The first kappa shape index (κ1) is 13.0. The second-order valence-corrected chi connectivity index (χ2v) is 5.76. The average molecular weight is 255 g/mol. The van der Waals surface area contributed by atoms with Crippen molar-refractivity contribution in [3.8, 4) is 0 Å². The Morgan fingerprint density at radius 2 is 2.41 bits per heavy atom. The molecular weight excluding hydrogens is 234 g/mol. The van der Waals surface area contributed by atoms with Gasteiger partial charge in [0.05, 0.1) is 12.7 Å². The topological polar surface area (TPSA) is 41.5 Å². The molecule has 1 heterocycles. The predicted molar refractivity (Wildman–Crippen MR) is 70.3 cm³/mol. The highest BCUT2D eigenvalue weighted by atomic mass is 32.1. The van der Waals surface area contributed by atoms with E-state index in [0.717, 1.165) is 12.5 Å². The molecule has 4 heteroatoms. The molecule has 1 aromatic rings. The molecule has 0 aromatic carbocycles. The summed E-state index contributed by atoms with van der Waals surface area (Å²) < 4.78 is 5.45. The summed E-state index contributed by atoms with van der Waals surface area (Å²) in [6, 6.07) is 4.46. The van der Waals surface area contributed by atoms with Crippen LogP contribution in [0.15, 0.2) is 17.5 Å². The van der Waals surface area contributed by atoms with Crippen molar-refractivity contribution in [2.24, 2.45) is 5.92 Å². The van der Waals surface area contributed by atoms with E-state index in [1.54, 1.807) is 11.3 Å². The molecule has 1 fully saturated rings. The molecule has 1 aliphatic rings. The highest BCUT2D eigenvalue weighted by Crippen LogP contribution is 2.28. The number of hydrogen-bond acceptors (Lipinski definition) is 4. The highest BCUT2D eigenvalue weighted by molar-refractivity contribution is 7.10. The van der Waals surface area contributed by atoms with Crippen molar-refractivity contribution in [1.82, 2.24) is 5.32 Å². The lowest BCUT2D eigenvalue weighted by Crippen LogP contribution is -2.32. The number of aliphatic hydroxyl groups excluding tert-OH is 1. The quantitative estimate of drug-likeness (QED) is 0.748. The number of thiophene rings is 1. The van der Waals surface area contributed by atoms with E-state index in [2.05, 4.69) is 23.7 Å². The lowest BCUT2D eigenvalue weighted by Gasteiger charge is -2.16. The van der Waals surface area contributed by atoms with Crippen molar-refractivity contribution in [2.75, 3.05) is 19.8 Å². The maximum atomic E-state index is 9.74. The van der Waals surface area contributed by atoms with Gasteiger partial charge in [-0.15, -0.1) is 11.3 Å². The van der Waals surface area contributed by atoms with Crippen LogP contribution in [0.5, 0.6) is 0 Å². The average Bonchev–Trinajstić information content (AvgIpc) is 2.97. The number of hydrogen-bond donors (Lipinski definition) is 2. The van der Waals surface area contributed by atoms with Gasteiger partial charge in [-0.2, -0.15) is 0 Å². The Balaban J connectivity index is 1.56. The smallest absolute Gasteiger partial charge is 0.0897 e. The van der Waals surface area contributed by atoms with Crippen molar-refractivity contribution in [2.45, 2.75) is 31.9 Å². The third-order valence-electron chi connectivity index (χ3n) is 2.99. The summed E-state index contributed by atoms with van der Waals surface area (Å²) in [5.41, 5.74) is 0. The molecule has 2 rings (SSSR count). The zero-order valence-electron chi connectivity index (χ0n) is 10.3. The Bertz CT molecular complexity index is 311. The van der Waals surface area contributed by atoms with Gasteiger partial charge in [0, 0.05) is 24.1 Å². The van der Waals surface area contributed by atoms with E-state index < -0.39 is 6.10 Å². The van der Waals surface area contributed by atoms with Crippen LogP contribution in [0.4, 0.5) is 0 Å². The van der Waals surface area contributed by atoms with Crippen LogP contribution in [0.1, 0.15) is 30.7 Å². The molecule has 0 amide bonds. The largest absolute Gasteiger partial charge is 0.389 e. The van der Waals surface area contributed by atoms with E-state index in [4.69, 9.17) is 4.74 Å². The third-order valence-corrected chi connectivity index (χ3v) is 4.05. The molecule has 0 spiro atoms. The summed E-state index contributed by atoms with van der Waals surface area (Å²) in [5.74, 6) is 0.764. The molecule has 0 saturated heterocycles. The van der Waals surface area contributed by atoms with Crippen molar-refractivity contribution in [1.29, 1.82) is 0 Å². The highest BCUT2D eigenvalue weighted by Gasteiger charge is 2.21. The Hall–Kier alpha value is -0.420. The van der Waals surface area contributed by atoms with Crippen LogP contribution in [-0.4, -0.2) is 31.0 Å². The standard InChI is InChI=1S/C13H21NO2S/c1-10(13-3-2-6-17-13)14-7-12(15)9-16-8-11-4-5-11/h2-3,6,10-12,14-15H,4-5,7-9H2,1H3. The SMILES string of the molecule is CC(NCC(O)COCC1CC1)c1cccs1. The molecule has 96 valence electrons. The first-order valence-electron chi connectivity index (χ1n) is 6.28. The fourth-order valence-corrected chi connectivity index (χ4v) is 2.42. The van der Waals surface area contributed by atoms with E-state index >= 15 is 0 Å². The molecule has 1 aromatic heterocycles. The van der Waals surface area contributed by atoms with Crippen LogP contribution in [0, 0.1) is 5.92 Å². The van der Waals surface area contributed by atoms with Crippen molar-refractivity contribution < 1.29 is 9.84 Å². The Labute approximate surface area is 107 Å². The molecule has 1 saturated carbocycles. The maximum absolute atomic E-state index is 9.74. The van der Waals surface area contributed by atoms with Gasteiger partial charge in [0.15, 0.2) is 0 Å². The van der Waals surface area contributed by atoms with Gasteiger partial charge in [-0.25, -0.2) is 0 Å². The molecular formula is C13H21NO2S. The first-order valence-corrected chi connectivity index (χ1v) is 7.16. The minimum absolute atomic E-state index is 0.299. The molecule has 3 nitrogen and oxygen atoms in total. The normalized spacial score (nSPS) is 19.2. The summed E-state index contributed by atoms with van der Waals surface area (Å²) in [6.45, 7) is 3.96. The van der Waals surface area contributed by atoms with Gasteiger partial charge in [0.2, 0.25) is 0 Å². The lowest BCUT2D eigenvalue weighted by molar-refractivity contribution is 0.0315. The molecule has 2 unspecified atom stereocenters. The Kier molecular flexibility index (Phi) is 4.98. The minimum Gasteiger partial charge on any atom is -0.389 e. The fraction of sp³-hybridized carbons (Fsp3) is 0.692. The summed E-state index contributed by atoms with van der Waals surface area (Å²) >= 11 is 1.74. The summed E-state index contributed by atoms with van der Waals surface area (Å²) in [5, 5.41) is 15.1. The molecule has 0 aliphatic heterocycles. The number of rotatable bonds is 8. The van der Waals surface area contributed by atoms with E-state index in [1.807, 2.05) is 6.07 Å². The lowest BCUT2D eigenvalue weighted by atomic mass is 10.2. The van der Waals surface area contributed by atoms with Crippen LogP contribution in [0.3, 0.4) is 0 Å². The fourth-order valence-electron chi connectivity index (χ4n) is 1.67. The van der Waals surface area contributed by atoms with Crippen molar-refractivity contribution in [3.63, 3.8) is 0 Å². The zero-order chi connectivity index (χ0) is 12.1. The first-order chi connectivity index (χ1) is 8.25. The summed E-state index contributed by atoms with van der Waals surface area (Å²) in [4.78, 5) is 1.30. The van der Waals surface area contributed by atoms with Gasteiger partial charge in [-0.05, 0) is 37.1 Å². The van der Waals surface area contributed by atoms with E-state index in [9.17, 15) is 5.11 Å². The van der Waals surface area contributed by atoms with Crippen molar-refractivity contribution >= 4 is 11.3 Å². The van der Waals surface area contributed by atoms with E-state index in [0.29, 0.717) is 19.2 Å². The Morgan fingerprint density at radius 3 is 3.06 bits per heavy atom. The minimum atomic E-state index is -0.406. The summed E-state index contributed by atoms with van der Waals surface area (Å²) in [7, 11) is 0. The second-order valence-electron chi connectivity index (χ2n) is 4.78. The van der Waals surface area contributed by atoms with Crippen LogP contribution >= 0.6 is 11.3 Å². The molecule has 0 bridgehead atoms. The van der Waals surface area contributed by atoms with E-state index in [-0.39, 0.29) is 0 Å². The third kappa shape index (κ3) is 4.76. The van der Waals surface area contributed by atoms with Gasteiger partial charge in [-0.3, -0.25) is 0 Å². The van der Waals surface area contributed by atoms with Crippen LogP contribution in [0.25, 0.3) is 0 Å². The molecule has 2 N–H and O–H groups in total. The maximum Gasteiger partial charge on any atom is 0.0897 e. The number of nitrogens with one attached hydrogen (secondary N) is 1.